The molecule has 2 rings (SSSR count). The van der Waals surface area contributed by atoms with Crippen molar-refractivity contribution in [3.05, 3.63) is 70.8 Å². The smallest absolute Gasteiger partial charge is 0.0190 e. The fourth-order valence-electron chi connectivity index (χ4n) is 3.28. The summed E-state index contributed by atoms with van der Waals surface area (Å²) in [6.45, 7) is 13.8. The Morgan fingerprint density at radius 1 is 0.542 bits per heavy atom. The van der Waals surface area contributed by atoms with Crippen LogP contribution in [0.2, 0.25) is 0 Å². The first kappa shape index (κ1) is 18.8. The van der Waals surface area contributed by atoms with Crippen LogP contribution in [-0.2, 0) is 0 Å². The first-order valence-electron chi connectivity index (χ1n) is 9.58. The Kier molecular flexibility index (Phi) is 6.66. The molecule has 0 heteroatoms. The molecule has 0 aliphatic rings. The second-order valence-electron chi connectivity index (χ2n) is 8.03. The topological polar surface area (TPSA) is 0 Å². The second kappa shape index (κ2) is 8.51. The van der Waals surface area contributed by atoms with Gasteiger partial charge in [0.05, 0.1) is 0 Å². The van der Waals surface area contributed by atoms with Crippen molar-refractivity contribution in [3.63, 3.8) is 0 Å². The average molecular weight is 323 g/mol. The number of hydrogen-bond donors (Lipinski definition) is 0. The molecule has 0 fully saturated rings. The highest BCUT2D eigenvalue weighted by Gasteiger charge is 2.12. The van der Waals surface area contributed by atoms with Crippen molar-refractivity contribution < 1.29 is 0 Å². The Morgan fingerprint density at radius 3 is 1.21 bits per heavy atom. The zero-order valence-corrected chi connectivity index (χ0v) is 16.3. The maximum Gasteiger partial charge on any atom is -0.0190 e. The summed E-state index contributed by atoms with van der Waals surface area (Å²) < 4.78 is 0. The molecule has 0 saturated heterocycles. The van der Waals surface area contributed by atoms with E-state index >= 15 is 0 Å². The fourth-order valence-corrected chi connectivity index (χ4v) is 3.28. The molecule has 0 heterocycles. The summed E-state index contributed by atoms with van der Waals surface area (Å²) in [5.41, 5.74) is 5.89. The highest BCUT2D eigenvalue weighted by molar-refractivity contribution is 5.29. The third-order valence-corrected chi connectivity index (χ3v) is 5.33. The predicted molar refractivity (Wildman–Crippen MR) is 107 cm³/mol. The van der Waals surface area contributed by atoms with Crippen molar-refractivity contribution in [1.29, 1.82) is 0 Å². The average Bonchev–Trinajstić information content (AvgIpc) is 2.59. The number of benzene rings is 2. The zero-order chi connectivity index (χ0) is 17.7. The van der Waals surface area contributed by atoms with E-state index in [1.165, 1.54) is 35.1 Å². The van der Waals surface area contributed by atoms with Gasteiger partial charge in [0, 0.05) is 0 Å². The lowest BCUT2D eigenvalue weighted by molar-refractivity contribution is 0.572. The standard InChI is InChI=1S/C24H34/c1-17(2)21-9-7-11-23(15-21)19(5)13-14-20(6)24-12-8-10-22(16-24)18(3)4/h7-12,15-20H,13-14H2,1-6H3. The van der Waals surface area contributed by atoms with E-state index in [1.54, 1.807) is 0 Å². The molecule has 0 bridgehead atoms. The minimum Gasteiger partial charge on any atom is -0.0617 e. The van der Waals surface area contributed by atoms with Gasteiger partial charge in [-0.1, -0.05) is 90.1 Å². The minimum atomic E-state index is 0.606. The molecule has 24 heavy (non-hydrogen) atoms. The van der Waals surface area contributed by atoms with Gasteiger partial charge in [-0.05, 0) is 58.8 Å². The highest BCUT2D eigenvalue weighted by Crippen LogP contribution is 2.30. The van der Waals surface area contributed by atoms with E-state index in [4.69, 9.17) is 0 Å². The molecule has 2 aromatic carbocycles. The predicted octanol–water partition coefficient (Wildman–Crippen LogP) is 7.62. The molecule has 2 atom stereocenters. The Labute approximate surface area is 149 Å². The van der Waals surface area contributed by atoms with Crippen LogP contribution in [0.5, 0.6) is 0 Å². The molecule has 2 unspecified atom stereocenters. The van der Waals surface area contributed by atoms with E-state index in [0.29, 0.717) is 23.7 Å². The van der Waals surface area contributed by atoms with Crippen molar-refractivity contribution in [3.8, 4) is 0 Å². The van der Waals surface area contributed by atoms with Crippen LogP contribution in [-0.4, -0.2) is 0 Å². The third kappa shape index (κ3) is 4.97. The molecule has 0 amide bonds. The SMILES string of the molecule is CC(C)c1cccc(C(C)CCC(C)c2cccc(C(C)C)c2)c1. The molecular weight excluding hydrogens is 288 g/mol. The first-order chi connectivity index (χ1) is 11.4. The van der Waals surface area contributed by atoms with E-state index in [-0.39, 0.29) is 0 Å². The van der Waals surface area contributed by atoms with Crippen molar-refractivity contribution in [2.24, 2.45) is 0 Å². The summed E-state index contributed by atoms with van der Waals surface area (Å²) in [5.74, 6) is 2.46. The van der Waals surface area contributed by atoms with Crippen LogP contribution in [0, 0.1) is 0 Å². The van der Waals surface area contributed by atoms with E-state index in [0.717, 1.165) is 0 Å². The van der Waals surface area contributed by atoms with Gasteiger partial charge in [-0.3, -0.25) is 0 Å². The molecule has 0 N–H and O–H groups in total. The van der Waals surface area contributed by atoms with Crippen molar-refractivity contribution in [2.45, 2.75) is 78.1 Å². The zero-order valence-electron chi connectivity index (χ0n) is 16.3. The van der Waals surface area contributed by atoms with Crippen molar-refractivity contribution >= 4 is 0 Å². The maximum atomic E-state index is 2.40. The molecule has 2 aromatic rings. The largest absolute Gasteiger partial charge is 0.0617 e. The summed E-state index contributed by atoms with van der Waals surface area (Å²) in [7, 11) is 0. The van der Waals surface area contributed by atoms with Gasteiger partial charge in [-0.2, -0.15) is 0 Å². The molecule has 0 radical (unpaired) electrons. The highest BCUT2D eigenvalue weighted by atomic mass is 14.2. The fraction of sp³-hybridized carbons (Fsp3) is 0.500. The minimum absolute atomic E-state index is 0.606. The van der Waals surface area contributed by atoms with Crippen LogP contribution < -0.4 is 0 Å². The molecule has 0 aromatic heterocycles. The Hall–Kier alpha value is -1.56. The van der Waals surface area contributed by atoms with Gasteiger partial charge in [-0.25, -0.2) is 0 Å². The lowest BCUT2D eigenvalue weighted by atomic mass is 9.87. The molecule has 0 nitrogen and oxygen atoms in total. The van der Waals surface area contributed by atoms with Crippen LogP contribution in [0.1, 0.15) is 100 Å². The second-order valence-corrected chi connectivity index (χ2v) is 8.03. The number of hydrogen-bond acceptors (Lipinski definition) is 0. The van der Waals surface area contributed by atoms with Crippen molar-refractivity contribution in [2.75, 3.05) is 0 Å². The lowest BCUT2D eigenvalue weighted by Gasteiger charge is -2.18. The van der Waals surface area contributed by atoms with E-state index < -0.39 is 0 Å². The third-order valence-electron chi connectivity index (χ3n) is 5.33. The van der Waals surface area contributed by atoms with E-state index in [9.17, 15) is 0 Å². The van der Waals surface area contributed by atoms with Crippen LogP contribution in [0.15, 0.2) is 48.5 Å². The Bertz CT molecular complexity index is 578. The summed E-state index contributed by atoms with van der Waals surface area (Å²) in [5, 5.41) is 0. The normalized spacial score (nSPS) is 14.2. The van der Waals surface area contributed by atoms with Gasteiger partial charge in [0.25, 0.3) is 0 Å². The van der Waals surface area contributed by atoms with Gasteiger partial charge < -0.3 is 0 Å². The quantitative estimate of drug-likeness (QED) is 0.491. The summed E-state index contributed by atoms with van der Waals surface area (Å²) >= 11 is 0. The molecule has 130 valence electrons. The van der Waals surface area contributed by atoms with Gasteiger partial charge in [0.2, 0.25) is 0 Å². The lowest BCUT2D eigenvalue weighted by Crippen LogP contribution is -2.01. The van der Waals surface area contributed by atoms with Crippen LogP contribution in [0.3, 0.4) is 0 Å². The molecule has 0 aliphatic heterocycles. The Balaban J connectivity index is 1.99. The summed E-state index contributed by atoms with van der Waals surface area (Å²) in [4.78, 5) is 0. The number of rotatable bonds is 7. The van der Waals surface area contributed by atoms with Gasteiger partial charge in [-0.15, -0.1) is 0 Å². The molecule has 0 aliphatic carbocycles. The van der Waals surface area contributed by atoms with Crippen LogP contribution in [0.25, 0.3) is 0 Å². The molecular formula is C24H34. The summed E-state index contributed by atoms with van der Waals surface area (Å²) in [6.07, 6.45) is 2.49. The van der Waals surface area contributed by atoms with E-state index in [2.05, 4.69) is 90.1 Å². The van der Waals surface area contributed by atoms with Crippen LogP contribution >= 0.6 is 0 Å². The maximum absolute atomic E-state index is 2.40. The molecule has 0 saturated carbocycles. The summed E-state index contributed by atoms with van der Waals surface area (Å²) in [6, 6.07) is 18.3. The van der Waals surface area contributed by atoms with E-state index in [1.807, 2.05) is 0 Å². The van der Waals surface area contributed by atoms with Crippen LogP contribution in [0.4, 0.5) is 0 Å². The van der Waals surface area contributed by atoms with Crippen molar-refractivity contribution in [1.82, 2.24) is 0 Å². The monoisotopic (exact) mass is 322 g/mol. The first-order valence-corrected chi connectivity index (χ1v) is 9.58. The van der Waals surface area contributed by atoms with Gasteiger partial charge in [0.15, 0.2) is 0 Å². The van der Waals surface area contributed by atoms with Gasteiger partial charge >= 0.3 is 0 Å². The molecule has 0 spiro atoms. The van der Waals surface area contributed by atoms with Gasteiger partial charge in [0.1, 0.15) is 0 Å². The Morgan fingerprint density at radius 2 is 0.875 bits per heavy atom.